The molecule has 2 amide bonds. The van der Waals surface area contributed by atoms with E-state index in [4.69, 9.17) is 0 Å². The van der Waals surface area contributed by atoms with Gasteiger partial charge in [-0.25, -0.2) is 0 Å². The van der Waals surface area contributed by atoms with E-state index in [1.807, 2.05) is 18.7 Å². The van der Waals surface area contributed by atoms with Gasteiger partial charge in [-0.15, -0.1) is 0 Å². The lowest BCUT2D eigenvalue weighted by Gasteiger charge is -2.29. The summed E-state index contributed by atoms with van der Waals surface area (Å²) in [5.41, 5.74) is 1.04. The zero-order chi connectivity index (χ0) is 12.8. The van der Waals surface area contributed by atoms with Gasteiger partial charge < -0.3 is 10.2 Å². The van der Waals surface area contributed by atoms with Crippen molar-refractivity contribution in [3.63, 3.8) is 0 Å². The Morgan fingerprint density at radius 2 is 2.24 bits per heavy atom. The van der Waals surface area contributed by atoms with Gasteiger partial charge in [-0.3, -0.25) is 14.5 Å². The Morgan fingerprint density at radius 3 is 2.76 bits per heavy atom. The van der Waals surface area contributed by atoms with Crippen LogP contribution >= 0.6 is 0 Å². The monoisotopic (exact) mass is 239 g/mol. The van der Waals surface area contributed by atoms with Gasteiger partial charge in [0.2, 0.25) is 11.8 Å². The molecule has 0 saturated carbocycles. The normalized spacial score (nSPS) is 15.9. The molecule has 0 atom stereocenters. The van der Waals surface area contributed by atoms with Gasteiger partial charge in [-0.2, -0.15) is 0 Å². The van der Waals surface area contributed by atoms with Crippen LogP contribution in [0, 0.1) is 0 Å². The van der Waals surface area contributed by atoms with Crippen molar-refractivity contribution in [2.45, 2.75) is 13.8 Å². The van der Waals surface area contributed by atoms with Crippen LogP contribution in [-0.2, 0) is 9.59 Å². The largest absolute Gasteiger partial charge is 0.353 e. The lowest BCUT2D eigenvalue weighted by atomic mass is 10.3. The summed E-state index contributed by atoms with van der Waals surface area (Å²) >= 11 is 0. The topological polar surface area (TPSA) is 52.7 Å². The maximum atomic E-state index is 12.0. The van der Waals surface area contributed by atoms with Gasteiger partial charge in [0.25, 0.3) is 0 Å². The van der Waals surface area contributed by atoms with Crippen LogP contribution in [0.4, 0.5) is 0 Å². The van der Waals surface area contributed by atoms with Crippen LogP contribution in [-0.4, -0.2) is 60.9 Å². The number of hydrogen-bond donors (Lipinski definition) is 1. The number of carbonyl (C=O) groups excluding carboxylic acids is 2. The van der Waals surface area contributed by atoms with Crippen molar-refractivity contribution in [2.24, 2.45) is 0 Å². The summed E-state index contributed by atoms with van der Waals surface area (Å²) in [6, 6.07) is 0. The fourth-order valence-corrected chi connectivity index (χ4v) is 1.80. The second kappa shape index (κ2) is 6.39. The van der Waals surface area contributed by atoms with Crippen molar-refractivity contribution in [3.8, 4) is 0 Å². The number of rotatable bonds is 5. The minimum Gasteiger partial charge on any atom is -0.353 e. The second-order valence-corrected chi connectivity index (χ2v) is 4.43. The molecule has 1 fully saturated rings. The first kappa shape index (κ1) is 13.7. The molecule has 0 bridgehead atoms. The smallest absolute Gasteiger partial charge is 0.239 e. The predicted octanol–water partition coefficient (Wildman–Crippen LogP) is -0.157. The fraction of sp³-hybridized carbons (Fsp3) is 0.667. The average Bonchev–Trinajstić information content (AvgIpc) is 2.27. The number of nitrogens with one attached hydrogen (secondary N) is 1. The van der Waals surface area contributed by atoms with E-state index in [-0.39, 0.29) is 18.4 Å². The summed E-state index contributed by atoms with van der Waals surface area (Å²) in [5.74, 6) is -0.0597. The molecule has 1 aliphatic rings. The highest BCUT2D eigenvalue weighted by Gasteiger charge is 2.22. The van der Waals surface area contributed by atoms with Crippen LogP contribution in [0.15, 0.2) is 12.2 Å². The summed E-state index contributed by atoms with van der Waals surface area (Å²) in [6.45, 7) is 11.0. The average molecular weight is 239 g/mol. The van der Waals surface area contributed by atoms with Crippen molar-refractivity contribution in [2.75, 3.05) is 39.3 Å². The molecule has 1 rings (SSSR count). The van der Waals surface area contributed by atoms with Gasteiger partial charge in [0.1, 0.15) is 0 Å². The minimum atomic E-state index is -0.0763. The Bertz CT molecular complexity index is 315. The van der Waals surface area contributed by atoms with Crippen LogP contribution in [0.1, 0.15) is 13.8 Å². The second-order valence-electron chi connectivity index (χ2n) is 4.43. The van der Waals surface area contributed by atoms with E-state index in [2.05, 4.69) is 11.9 Å². The van der Waals surface area contributed by atoms with Crippen LogP contribution in [0.5, 0.6) is 0 Å². The summed E-state index contributed by atoms with van der Waals surface area (Å²) in [6.07, 6.45) is 0. The highest BCUT2D eigenvalue weighted by Crippen LogP contribution is 2.00. The van der Waals surface area contributed by atoms with E-state index in [1.54, 1.807) is 4.90 Å². The molecular weight excluding hydrogens is 218 g/mol. The Labute approximate surface area is 102 Å². The molecule has 17 heavy (non-hydrogen) atoms. The highest BCUT2D eigenvalue weighted by molar-refractivity contribution is 5.86. The Hall–Kier alpha value is -1.36. The zero-order valence-corrected chi connectivity index (χ0v) is 10.7. The molecule has 5 nitrogen and oxygen atoms in total. The molecule has 1 aliphatic heterocycles. The van der Waals surface area contributed by atoms with Gasteiger partial charge in [-0.1, -0.05) is 19.1 Å². The maximum absolute atomic E-state index is 12.0. The Kier molecular flexibility index (Phi) is 5.15. The summed E-state index contributed by atoms with van der Waals surface area (Å²) in [4.78, 5) is 26.8. The Balaban J connectivity index is 2.46. The summed E-state index contributed by atoms with van der Waals surface area (Å²) in [7, 11) is 0. The van der Waals surface area contributed by atoms with E-state index in [0.29, 0.717) is 19.6 Å². The number of likely N-dealkylation sites (N-methyl/N-ethyl adjacent to an activating group) is 1. The van der Waals surface area contributed by atoms with Gasteiger partial charge >= 0.3 is 0 Å². The predicted molar refractivity (Wildman–Crippen MR) is 66.5 cm³/mol. The van der Waals surface area contributed by atoms with Crippen molar-refractivity contribution in [1.29, 1.82) is 0 Å². The third-order valence-corrected chi connectivity index (χ3v) is 2.69. The van der Waals surface area contributed by atoms with Gasteiger partial charge in [-0.05, 0) is 13.5 Å². The maximum Gasteiger partial charge on any atom is 0.239 e. The fourth-order valence-electron chi connectivity index (χ4n) is 1.80. The number of carbonyl (C=O) groups is 2. The van der Waals surface area contributed by atoms with E-state index >= 15 is 0 Å². The number of amides is 2. The molecular formula is C12H21N3O2. The molecule has 5 heteroatoms. The first-order valence-electron chi connectivity index (χ1n) is 5.94. The number of nitrogens with zero attached hydrogens (tertiary/aromatic N) is 2. The SMILES string of the molecule is C=C(C)CN(CC)CC(=O)N1CCNC(=O)C1. The molecule has 0 aromatic rings. The lowest BCUT2D eigenvalue weighted by Crippen LogP contribution is -2.52. The van der Waals surface area contributed by atoms with Crippen molar-refractivity contribution in [3.05, 3.63) is 12.2 Å². The molecule has 0 unspecified atom stereocenters. The van der Waals surface area contributed by atoms with Crippen LogP contribution in [0.3, 0.4) is 0 Å². The first-order chi connectivity index (χ1) is 8.02. The van der Waals surface area contributed by atoms with Crippen molar-refractivity contribution >= 4 is 11.8 Å². The first-order valence-corrected chi connectivity index (χ1v) is 5.94. The number of hydrogen-bond acceptors (Lipinski definition) is 3. The molecule has 0 aromatic heterocycles. The molecule has 1 N–H and O–H groups in total. The lowest BCUT2D eigenvalue weighted by molar-refractivity contribution is -0.138. The standard InChI is InChI=1S/C12H21N3O2/c1-4-14(7-10(2)3)9-12(17)15-6-5-13-11(16)8-15/h2,4-9H2,1,3H3,(H,13,16). The van der Waals surface area contributed by atoms with Crippen molar-refractivity contribution in [1.82, 2.24) is 15.1 Å². The molecule has 0 aromatic carbocycles. The molecule has 0 radical (unpaired) electrons. The van der Waals surface area contributed by atoms with Crippen LogP contribution in [0.25, 0.3) is 0 Å². The van der Waals surface area contributed by atoms with E-state index < -0.39 is 0 Å². The highest BCUT2D eigenvalue weighted by atomic mass is 16.2. The van der Waals surface area contributed by atoms with Gasteiger partial charge in [0.05, 0.1) is 13.1 Å². The Morgan fingerprint density at radius 1 is 1.53 bits per heavy atom. The van der Waals surface area contributed by atoms with Crippen LogP contribution < -0.4 is 5.32 Å². The van der Waals surface area contributed by atoms with Gasteiger partial charge in [0, 0.05) is 19.6 Å². The number of piperazine rings is 1. The van der Waals surface area contributed by atoms with E-state index in [1.165, 1.54) is 0 Å². The molecule has 0 spiro atoms. The molecule has 1 heterocycles. The third-order valence-electron chi connectivity index (χ3n) is 2.69. The summed E-state index contributed by atoms with van der Waals surface area (Å²) < 4.78 is 0. The van der Waals surface area contributed by atoms with Gasteiger partial charge in [0.15, 0.2) is 0 Å². The quantitative estimate of drug-likeness (QED) is 0.678. The van der Waals surface area contributed by atoms with E-state index in [9.17, 15) is 9.59 Å². The molecule has 96 valence electrons. The van der Waals surface area contributed by atoms with E-state index in [0.717, 1.165) is 18.7 Å². The zero-order valence-electron chi connectivity index (χ0n) is 10.7. The van der Waals surface area contributed by atoms with Crippen LogP contribution in [0.2, 0.25) is 0 Å². The summed E-state index contributed by atoms with van der Waals surface area (Å²) in [5, 5.41) is 2.71. The molecule has 1 saturated heterocycles. The third kappa shape index (κ3) is 4.56. The molecule has 0 aliphatic carbocycles. The minimum absolute atomic E-state index is 0.0166. The van der Waals surface area contributed by atoms with Crippen molar-refractivity contribution < 1.29 is 9.59 Å².